The van der Waals surface area contributed by atoms with Gasteiger partial charge in [0, 0.05) is 94.7 Å². The van der Waals surface area contributed by atoms with Crippen molar-refractivity contribution in [1.82, 2.24) is 64.4 Å². The summed E-state index contributed by atoms with van der Waals surface area (Å²) in [5, 5.41) is 14.5. The summed E-state index contributed by atoms with van der Waals surface area (Å²) in [7, 11) is 0. The molecule has 1 aliphatic carbocycles. The van der Waals surface area contributed by atoms with E-state index in [1.807, 2.05) is 309 Å². The van der Waals surface area contributed by atoms with E-state index >= 15 is 13.2 Å². The van der Waals surface area contributed by atoms with Gasteiger partial charge in [-0.2, -0.15) is 18.4 Å². The molecular formula is C98H60F3N15. The van der Waals surface area contributed by atoms with Crippen LogP contribution in [0.3, 0.4) is 0 Å². The Morgan fingerprint density at radius 3 is 0.983 bits per heavy atom. The maximum atomic E-state index is 15.6. The zero-order chi connectivity index (χ0) is 77.8. The molecule has 15 nitrogen and oxygen atoms in total. The van der Waals surface area contributed by atoms with Gasteiger partial charge < -0.3 is 9.47 Å². The minimum Gasteiger partial charge on any atom is -0.332 e. The number of fused-ring (bicyclic) bond motifs is 6. The van der Waals surface area contributed by atoms with Crippen LogP contribution in [0.1, 0.15) is 28.4 Å². The van der Waals surface area contributed by atoms with Gasteiger partial charge in [-0.3, -0.25) is 0 Å². The summed E-state index contributed by atoms with van der Waals surface area (Å²) >= 11 is 0. The number of hydrogen-bond acceptors (Lipinski definition) is 14. The SMILES string of the molecule is N#Cc1c(-n2c3cc(-c4nc(-c5ccccc5)nc(-c5ccccc5)n4)ccc3c3ccc(-c4nc(-c5ccccc5)nc(-c5ccccc5)n4)cc32)ccc(-c2cccc(C(F)(F)F)c2)c1N1c2cc(-c3nc(-c4ccccc4)nc(-c4ccccc4)n3)ccc2C2C=CC(c3nc(-c4ccccc4)nc(-c4ccccc4)n3)=CC21. The number of nitrogens with zero attached hydrogens (tertiary/aromatic N) is 15. The lowest BCUT2D eigenvalue weighted by molar-refractivity contribution is -0.137. The van der Waals surface area contributed by atoms with Crippen LogP contribution in [0.5, 0.6) is 0 Å². The number of anilines is 2. The summed E-state index contributed by atoms with van der Waals surface area (Å²) in [6.45, 7) is 0. The van der Waals surface area contributed by atoms with Crippen LogP contribution in [0.2, 0.25) is 0 Å². The van der Waals surface area contributed by atoms with Crippen molar-refractivity contribution < 1.29 is 13.2 Å². The van der Waals surface area contributed by atoms with Gasteiger partial charge in [-0.05, 0) is 53.6 Å². The maximum Gasteiger partial charge on any atom is 0.416 e. The van der Waals surface area contributed by atoms with Crippen LogP contribution in [0.15, 0.2) is 352 Å². The summed E-state index contributed by atoms with van der Waals surface area (Å²) in [5.41, 5.74) is 11.9. The van der Waals surface area contributed by atoms with Gasteiger partial charge in [0.15, 0.2) is 69.9 Å². The van der Waals surface area contributed by atoms with Gasteiger partial charge in [-0.25, -0.2) is 59.8 Å². The number of rotatable bonds is 15. The van der Waals surface area contributed by atoms with Crippen LogP contribution in [-0.2, 0) is 6.18 Å². The molecule has 0 saturated carbocycles. The number of allylic oxidation sites excluding steroid dienone is 2. The molecule has 20 rings (SSSR count). The van der Waals surface area contributed by atoms with E-state index in [9.17, 15) is 5.26 Å². The van der Waals surface area contributed by atoms with E-state index in [0.29, 0.717) is 126 Å². The Morgan fingerprint density at radius 1 is 0.302 bits per heavy atom. The van der Waals surface area contributed by atoms with Crippen LogP contribution in [0.25, 0.3) is 169 Å². The molecule has 1 aliphatic heterocycles. The summed E-state index contributed by atoms with van der Waals surface area (Å²) in [6, 6.07) is 107. The lowest BCUT2D eigenvalue weighted by Crippen LogP contribution is -2.30. The highest BCUT2D eigenvalue weighted by Gasteiger charge is 2.43. The van der Waals surface area contributed by atoms with Crippen molar-refractivity contribution in [2.24, 2.45) is 0 Å². The Labute approximate surface area is 663 Å². The first-order chi connectivity index (χ1) is 57.0. The number of halogens is 3. The highest BCUT2D eigenvalue weighted by atomic mass is 19.4. The minimum atomic E-state index is -4.76. The molecule has 0 N–H and O–H groups in total. The van der Waals surface area contributed by atoms with Crippen molar-refractivity contribution in [1.29, 1.82) is 5.26 Å². The second kappa shape index (κ2) is 29.2. The fraction of sp³-hybridized carbons (Fsp3) is 0.0306. The number of nitriles is 1. The van der Waals surface area contributed by atoms with E-state index in [-0.39, 0.29) is 11.1 Å². The molecule has 116 heavy (non-hydrogen) atoms. The lowest BCUT2D eigenvalue weighted by atomic mass is 9.87. The molecule has 5 aromatic heterocycles. The molecule has 2 atom stereocenters. The minimum absolute atomic E-state index is 0.113. The summed E-state index contributed by atoms with van der Waals surface area (Å²) in [6.07, 6.45) is 1.48. The van der Waals surface area contributed by atoms with E-state index in [2.05, 4.69) is 33.8 Å². The van der Waals surface area contributed by atoms with E-state index in [0.717, 1.165) is 73.0 Å². The predicted molar refractivity (Wildman–Crippen MR) is 448 cm³/mol. The van der Waals surface area contributed by atoms with Gasteiger partial charge >= 0.3 is 6.18 Å². The van der Waals surface area contributed by atoms with Crippen molar-refractivity contribution in [2.75, 3.05) is 4.90 Å². The zero-order valence-electron chi connectivity index (χ0n) is 61.5. The first kappa shape index (κ1) is 69.5. The topological polar surface area (TPSA) is 187 Å². The van der Waals surface area contributed by atoms with Gasteiger partial charge in [-0.1, -0.05) is 309 Å². The van der Waals surface area contributed by atoms with Gasteiger partial charge in [0.05, 0.1) is 34.0 Å². The number of hydrogen-bond donors (Lipinski definition) is 0. The van der Waals surface area contributed by atoms with Gasteiger partial charge in [0.25, 0.3) is 0 Å². The molecule has 6 heterocycles. The highest BCUT2D eigenvalue weighted by Crippen LogP contribution is 2.55. The summed E-state index contributed by atoms with van der Waals surface area (Å²) in [5.74, 6) is 4.62. The third-order valence-corrected chi connectivity index (χ3v) is 21.0. The number of benzene rings is 13. The highest BCUT2D eigenvalue weighted by molar-refractivity contribution is 6.12. The smallest absolute Gasteiger partial charge is 0.332 e. The van der Waals surface area contributed by atoms with Crippen LogP contribution >= 0.6 is 0 Å². The Balaban J connectivity index is 0.873. The molecular weight excluding hydrogens is 1440 g/mol. The molecule has 0 amide bonds. The molecule has 13 aromatic carbocycles. The third kappa shape index (κ3) is 13.0. The largest absolute Gasteiger partial charge is 0.416 e. The molecule has 18 heteroatoms. The standard InChI is InChI=1S/C98H60F3N15/c99-98(100,101)73-43-25-42-68(54-73)74-52-53-80(115-81-55-69(94-107-86(60-26-9-1-10-27-60)103-87(108-94)61-28-11-2-12-29-61)44-48-75(81)76-49-45-70(56-82(76)115)95-109-88(62-30-13-3-14-31-62)104-89(110-95)63-32-15-4-16-33-63)79(59-102)85(74)116-83-57-71(96-111-90(64-34-17-5-18-35-64)105-91(112-96)65-36-19-6-20-37-65)46-50-77(83)78-51-47-72(58-84(78)116)97-113-92(66-38-21-7-22-39-66)106-93(114-97)67-40-23-8-24-41-67/h1-58,77,83H. The Bertz CT molecular complexity index is 6540. The average Bonchev–Trinajstić information content (AvgIpc) is 1.56. The Kier molecular flexibility index (Phi) is 17.5. The van der Waals surface area contributed by atoms with E-state index in [1.165, 1.54) is 6.07 Å². The third-order valence-electron chi connectivity index (χ3n) is 21.0. The molecule has 0 saturated heterocycles. The summed E-state index contributed by atoms with van der Waals surface area (Å²) < 4.78 is 48.7. The monoisotopic (exact) mass is 1500 g/mol. The van der Waals surface area contributed by atoms with Crippen LogP contribution in [-0.4, -0.2) is 70.4 Å². The number of aromatic nitrogens is 13. The van der Waals surface area contributed by atoms with Crippen LogP contribution < -0.4 is 4.90 Å². The van der Waals surface area contributed by atoms with Gasteiger partial charge in [-0.15, -0.1) is 0 Å². The van der Waals surface area contributed by atoms with Crippen molar-refractivity contribution in [3.8, 4) is 148 Å². The van der Waals surface area contributed by atoms with Gasteiger partial charge in [0.2, 0.25) is 0 Å². The molecule has 18 aromatic rings. The second-order valence-electron chi connectivity index (χ2n) is 28.1. The maximum absolute atomic E-state index is 15.6. The van der Waals surface area contributed by atoms with Crippen LogP contribution in [0.4, 0.5) is 24.5 Å². The van der Waals surface area contributed by atoms with Crippen molar-refractivity contribution in [3.05, 3.63) is 374 Å². The van der Waals surface area contributed by atoms with E-state index in [4.69, 9.17) is 59.8 Å². The zero-order valence-corrected chi connectivity index (χ0v) is 61.5. The van der Waals surface area contributed by atoms with E-state index < -0.39 is 23.7 Å². The molecule has 0 fully saturated rings. The van der Waals surface area contributed by atoms with Gasteiger partial charge in [0.1, 0.15) is 11.6 Å². The van der Waals surface area contributed by atoms with Crippen molar-refractivity contribution in [2.45, 2.75) is 18.1 Å². The van der Waals surface area contributed by atoms with Crippen LogP contribution in [0, 0.1) is 11.3 Å². The van der Waals surface area contributed by atoms with E-state index in [1.54, 1.807) is 6.07 Å². The summed E-state index contributed by atoms with van der Waals surface area (Å²) in [4.78, 5) is 64.2. The fourth-order valence-corrected chi connectivity index (χ4v) is 15.5. The first-order valence-corrected chi connectivity index (χ1v) is 37.7. The molecule has 2 aliphatic rings. The first-order valence-electron chi connectivity index (χ1n) is 37.7. The quantitative estimate of drug-likeness (QED) is 0.0943. The fourth-order valence-electron chi connectivity index (χ4n) is 15.5. The Morgan fingerprint density at radius 2 is 0.629 bits per heavy atom. The Hall–Kier alpha value is -15.7. The predicted octanol–water partition coefficient (Wildman–Crippen LogP) is 22.7. The number of alkyl halides is 3. The van der Waals surface area contributed by atoms with Crippen molar-refractivity contribution >= 4 is 38.8 Å². The normalized spacial score (nSPS) is 13.6. The molecule has 0 bridgehead atoms. The molecule has 0 spiro atoms. The second-order valence-corrected chi connectivity index (χ2v) is 28.1. The lowest BCUT2D eigenvalue weighted by Gasteiger charge is -2.33. The van der Waals surface area contributed by atoms with Crippen molar-refractivity contribution in [3.63, 3.8) is 0 Å². The molecule has 548 valence electrons. The molecule has 2 unspecified atom stereocenters. The average molecular weight is 1500 g/mol. The molecule has 0 radical (unpaired) electrons.